The van der Waals surface area contributed by atoms with E-state index in [-0.39, 0.29) is 18.1 Å². The van der Waals surface area contributed by atoms with Crippen molar-refractivity contribution < 1.29 is 18.3 Å². The Morgan fingerprint density at radius 1 is 1.50 bits per heavy atom. The molecule has 114 valence electrons. The Kier molecular flexibility index (Phi) is 6.09. The normalized spacial score (nSPS) is 13.6. The summed E-state index contributed by atoms with van der Waals surface area (Å²) in [6.07, 6.45) is 0.619. The number of rotatable bonds is 8. The molecule has 0 amide bonds. The van der Waals surface area contributed by atoms with Crippen molar-refractivity contribution in [1.29, 1.82) is 0 Å². The van der Waals surface area contributed by atoms with Gasteiger partial charge in [-0.15, -0.1) is 11.3 Å². The van der Waals surface area contributed by atoms with Crippen LogP contribution < -0.4 is 4.72 Å². The highest BCUT2D eigenvalue weighted by Gasteiger charge is 2.24. The second kappa shape index (κ2) is 7.14. The Morgan fingerprint density at radius 3 is 2.60 bits per heavy atom. The number of aromatic nitrogens is 1. The number of sulfonamides is 1. The highest BCUT2D eigenvalue weighted by molar-refractivity contribution is 7.89. The molecule has 6 nitrogen and oxygen atoms in total. The Hall–Kier alpha value is -0.990. The van der Waals surface area contributed by atoms with E-state index in [1.807, 2.05) is 20.8 Å². The molecule has 1 aromatic heterocycles. The fraction of sp³-hybridized carbons (Fsp3) is 0.667. The van der Waals surface area contributed by atoms with Crippen molar-refractivity contribution in [3.63, 3.8) is 0 Å². The second-order valence-electron chi connectivity index (χ2n) is 5.07. The number of hydrogen-bond donors (Lipinski definition) is 2. The van der Waals surface area contributed by atoms with E-state index < -0.39 is 22.0 Å². The molecule has 0 radical (unpaired) electrons. The Labute approximate surface area is 123 Å². The van der Waals surface area contributed by atoms with Gasteiger partial charge in [-0.25, -0.2) is 18.1 Å². The summed E-state index contributed by atoms with van der Waals surface area (Å²) in [5.74, 6) is -1.17. The lowest BCUT2D eigenvalue weighted by Crippen LogP contribution is -2.42. The number of carbonyl (C=O) groups is 1. The number of nitrogens with one attached hydrogen (secondary N) is 1. The SMILES string of the molecule is Cc1ncsc1CCS(=O)(=O)N[C@@H](CC(C)C)C(=O)O. The topological polar surface area (TPSA) is 96.4 Å². The van der Waals surface area contributed by atoms with Crippen LogP contribution in [0.3, 0.4) is 0 Å². The summed E-state index contributed by atoms with van der Waals surface area (Å²) in [6, 6.07) is -1.07. The first-order valence-corrected chi connectivity index (χ1v) is 8.86. The number of thiazole rings is 1. The van der Waals surface area contributed by atoms with Crippen molar-refractivity contribution in [2.75, 3.05) is 5.75 Å². The summed E-state index contributed by atoms with van der Waals surface area (Å²) in [5.41, 5.74) is 2.49. The van der Waals surface area contributed by atoms with Crippen LogP contribution in [0.4, 0.5) is 0 Å². The molecule has 0 aliphatic rings. The quantitative estimate of drug-likeness (QED) is 0.755. The van der Waals surface area contributed by atoms with Gasteiger partial charge >= 0.3 is 5.97 Å². The minimum Gasteiger partial charge on any atom is -0.480 e. The lowest BCUT2D eigenvalue weighted by Gasteiger charge is -2.16. The zero-order chi connectivity index (χ0) is 15.3. The molecule has 0 aliphatic carbocycles. The van der Waals surface area contributed by atoms with E-state index in [1.165, 1.54) is 11.3 Å². The van der Waals surface area contributed by atoms with Crippen LogP contribution >= 0.6 is 11.3 Å². The fourth-order valence-corrected chi connectivity index (χ4v) is 3.87. The highest BCUT2D eigenvalue weighted by atomic mass is 32.2. The third-order valence-electron chi connectivity index (χ3n) is 2.77. The predicted molar refractivity (Wildman–Crippen MR) is 78.4 cm³/mol. The average Bonchev–Trinajstić information content (AvgIpc) is 2.70. The van der Waals surface area contributed by atoms with Crippen molar-refractivity contribution in [3.05, 3.63) is 16.1 Å². The van der Waals surface area contributed by atoms with Gasteiger partial charge in [0.1, 0.15) is 6.04 Å². The maximum absolute atomic E-state index is 11.9. The van der Waals surface area contributed by atoms with E-state index in [0.717, 1.165) is 10.6 Å². The number of aliphatic carboxylic acids is 1. The molecule has 0 spiro atoms. The molecule has 1 aromatic rings. The van der Waals surface area contributed by atoms with Crippen molar-refractivity contribution >= 4 is 27.3 Å². The smallest absolute Gasteiger partial charge is 0.321 e. The van der Waals surface area contributed by atoms with Crippen LogP contribution in [0.1, 0.15) is 30.8 Å². The Morgan fingerprint density at radius 2 is 2.15 bits per heavy atom. The number of carboxylic acid groups (broad SMARTS) is 1. The van der Waals surface area contributed by atoms with Gasteiger partial charge in [0.05, 0.1) is 17.0 Å². The largest absolute Gasteiger partial charge is 0.480 e. The maximum atomic E-state index is 11.9. The van der Waals surface area contributed by atoms with Gasteiger partial charge in [-0.3, -0.25) is 4.79 Å². The molecule has 0 aliphatic heterocycles. The van der Waals surface area contributed by atoms with Gasteiger partial charge in [0, 0.05) is 4.88 Å². The first-order chi connectivity index (χ1) is 9.21. The Bertz CT molecular complexity index is 552. The van der Waals surface area contributed by atoms with E-state index in [0.29, 0.717) is 6.42 Å². The summed E-state index contributed by atoms with van der Waals surface area (Å²) in [6.45, 7) is 5.53. The molecule has 0 unspecified atom stereocenters. The summed E-state index contributed by atoms with van der Waals surface area (Å²) in [7, 11) is -3.62. The molecule has 1 rings (SSSR count). The Balaban J connectivity index is 2.63. The maximum Gasteiger partial charge on any atom is 0.321 e. The molecule has 2 N–H and O–H groups in total. The molecular weight excluding hydrogens is 300 g/mol. The second-order valence-corrected chi connectivity index (χ2v) is 7.88. The first kappa shape index (κ1) is 17.1. The summed E-state index contributed by atoms with van der Waals surface area (Å²) in [4.78, 5) is 16.0. The van der Waals surface area contributed by atoms with E-state index in [1.54, 1.807) is 5.51 Å². The average molecular weight is 320 g/mol. The van der Waals surface area contributed by atoms with E-state index >= 15 is 0 Å². The molecule has 0 aromatic carbocycles. The highest BCUT2D eigenvalue weighted by Crippen LogP contribution is 2.14. The molecule has 0 saturated heterocycles. The van der Waals surface area contributed by atoms with Crippen molar-refractivity contribution in [2.24, 2.45) is 5.92 Å². The standard InChI is InChI=1S/C12H20N2O4S2/c1-8(2)6-10(12(15)16)14-20(17,18)5-4-11-9(3)13-7-19-11/h7-8,10,14H,4-6H2,1-3H3,(H,15,16)/t10-/m0/s1. The van der Waals surface area contributed by atoms with Crippen molar-refractivity contribution in [3.8, 4) is 0 Å². The summed E-state index contributed by atoms with van der Waals surface area (Å²) in [5, 5.41) is 9.05. The minimum absolute atomic E-state index is 0.0996. The van der Waals surface area contributed by atoms with Crippen molar-refractivity contribution in [2.45, 2.75) is 39.7 Å². The lowest BCUT2D eigenvalue weighted by molar-refractivity contribution is -0.139. The predicted octanol–water partition coefficient (Wildman–Crippen LogP) is 1.41. The third-order valence-corrected chi connectivity index (χ3v) is 5.15. The minimum atomic E-state index is -3.62. The first-order valence-electron chi connectivity index (χ1n) is 6.33. The molecule has 1 atom stereocenters. The van der Waals surface area contributed by atoms with Crippen LogP contribution in [0.5, 0.6) is 0 Å². The van der Waals surface area contributed by atoms with Crippen LogP contribution in [0, 0.1) is 12.8 Å². The molecule has 20 heavy (non-hydrogen) atoms. The number of nitrogens with zero attached hydrogens (tertiary/aromatic N) is 1. The molecule has 1 heterocycles. The molecule has 0 fully saturated rings. The number of hydrogen-bond acceptors (Lipinski definition) is 5. The monoisotopic (exact) mass is 320 g/mol. The molecule has 8 heteroatoms. The molecule has 0 saturated carbocycles. The molecular formula is C12H20N2O4S2. The van der Waals surface area contributed by atoms with Crippen LogP contribution in [0.25, 0.3) is 0 Å². The van der Waals surface area contributed by atoms with Crippen LogP contribution in [0.2, 0.25) is 0 Å². The van der Waals surface area contributed by atoms with Gasteiger partial charge in [0.25, 0.3) is 0 Å². The summed E-state index contributed by atoms with van der Waals surface area (Å²) < 4.78 is 26.1. The van der Waals surface area contributed by atoms with Crippen LogP contribution in [0.15, 0.2) is 5.51 Å². The lowest BCUT2D eigenvalue weighted by atomic mass is 10.1. The fourth-order valence-electron chi connectivity index (χ4n) is 1.74. The van der Waals surface area contributed by atoms with Gasteiger partial charge in [-0.1, -0.05) is 13.8 Å². The van der Waals surface area contributed by atoms with E-state index in [2.05, 4.69) is 9.71 Å². The van der Waals surface area contributed by atoms with E-state index in [9.17, 15) is 13.2 Å². The van der Waals surface area contributed by atoms with Gasteiger partial charge in [-0.2, -0.15) is 0 Å². The third kappa shape index (κ3) is 5.56. The molecule has 0 bridgehead atoms. The van der Waals surface area contributed by atoms with Gasteiger partial charge in [0.15, 0.2) is 0 Å². The van der Waals surface area contributed by atoms with Crippen LogP contribution in [-0.2, 0) is 21.2 Å². The van der Waals surface area contributed by atoms with Crippen molar-refractivity contribution in [1.82, 2.24) is 9.71 Å². The number of carboxylic acids is 1. The zero-order valence-electron chi connectivity index (χ0n) is 11.8. The van der Waals surface area contributed by atoms with Gasteiger partial charge in [0.2, 0.25) is 10.0 Å². The van der Waals surface area contributed by atoms with Gasteiger partial charge in [-0.05, 0) is 25.7 Å². The van der Waals surface area contributed by atoms with E-state index in [4.69, 9.17) is 5.11 Å². The zero-order valence-corrected chi connectivity index (χ0v) is 13.4. The van der Waals surface area contributed by atoms with Gasteiger partial charge < -0.3 is 5.11 Å². The summed E-state index contributed by atoms with van der Waals surface area (Å²) >= 11 is 1.41. The number of aryl methyl sites for hydroxylation is 2. The van der Waals surface area contributed by atoms with Crippen LogP contribution in [-0.4, -0.2) is 36.3 Å².